The minimum atomic E-state index is -0.190. The number of rotatable bonds is 6. The molecule has 0 aromatic carbocycles. The molecule has 6 heterocycles. The zero-order valence-corrected chi connectivity index (χ0v) is 24.3. The van der Waals surface area contributed by atoms with Crippen LogP contribution in [0.15, 0.2) is 12.0 Å². The Labute approximate surface area is 243 Å². The molecule has 1 amide bonds. The molecule has 222 valence electrons. The van der Waals surface area contributed by atoms with Gasteiger partial charge in [0.15, 0.2) is 11.7 Å². The van der Waals surface area contributed by atoms with Gasteiger partial charge in [-0.25, -0.2) is 0 Å². The number of nitrogens with one attached hydrogen (secondary N) is 6. The summed E-state index contributed by atoms with van der Waals surface area (Å²) in [5.41, 5.74) is 6.42. The summed E-state index contributed by atoms with van der Waals surface area (Å²) in [5, 5.41) is 21.6. The van der Waals surface area contributed by atoms with E-state index in [1.54, 1.807) is 17.8 Å². The maximum absolute atomic E-state index is 13.0. The maximum Gasteiger partial charge on any atom is 0.227 e. The molecule has 0 bridgehead atoms. The van der Waals surface area contributed by atoms with Crippen LogP contribution in [-0.2, 0) is 19.1 Å². The van der Waals surface area contributed by atoms with Crippen molar-refractivity contribution in [1.29, 1.82) is 0 Å². The summed E-state index contributed by atoms with van der Waals surface area (Å²) in [6, 6.07) is 0.467. The zero-order valence-electron chi connectivity index (χ0n) is 22.7. The minimum Gasteiger partial charge on any atom is -0.474 e. The van der Waals surface area contributed by atoms with Crippen LogP contribution in [0, 0.1) is 11.8 Å². The van der Waals surface area contributed by atoms with E-state index >= 15 is 0 Å². The molecular formula is C26H42N8O4S2. The molecule has 9 unspecified atom stereocenters. The molecule has 14 heteroatoms. The fourth-order valence-electron chi connectivity index (χ4n) is 7.21. The van der Waals surface area contributed by atoms with Crippen molar-refractivity contribution in [3.05, 3.63) is 12.0 Å². The highest BCUT2D eigenvalue weighted by molar-refractivity contribution is 8.01. The van der Waals surface area contributed by atoms with E-state index in [1.807, 2.05) is 11.8 Å². The average Bonchev–Trinajstić information content (AvgIpc) is 3.69. The van der Waals surface area contributed by atoms with E-state index in [4.69, 9.17) is 15.2 Å². The lowest BCUT2D eigenvalue weighted by Crippen LogP contribution is -2.74. The normalized spacial score (nSPS) is 45.5. The number of thioether (sulfide) groups is 2. The number of ether oxygens (including phenoxy) is 2. The highest BCUT2D eigenvalue weighted by Crippen LogP contribution is 2.44. The topological polar surface area (TPSA) is 154 Å². The second kappa shape index (κ2) is 11.9. The van der Waals surface area contributed by atoms with Gasteiger partial charge < -0.3 is 30.7 Å². The SMILES string of the molecule is N[C@@H]1CCCC[C@@H]1NC1NC2CNC(=O)C2C(NC2CNC(C3CSC4C(=O)C=C(N5CCOCC5)OC43)S2)N1. The molecular weight excluding hydrogens is 552 g/mol. The third-order valence-corrected chi connectivity index (χ3v) is 12.3. The summed E-state index contributed by atoms with van der Waals surface area (Å²) < 4.78 is 12.0. The van der Waals surface area contributed by atoms with Crippen LogP contribution in [0.2, 0.25) is 0 Å². The number of nitrogens with zero attached hydrogens (tertiary/aromatic N) is 1. The molecule has 11 atom stereocenters. The first-order chi connectivity index (χ1) is 19.5. The summed E-state index contributed by atoms with van der Waals surface area (Å²) in [6.45, 7) is 4.22. The fourth-order valence-corrected chi connectivity index (χ4v) is 10.2. The van der Waals surface area contributed by atoms with Gasteiger partial charge in [0.05, 0.1) is 36.0 Å². The number of morpholine rings is 1. The number of ketones is 1. The molecule has 0 spiro atoms. The molecule has 12 nitrogen and oxygen atoms in total. The van der Waals surface area contributed by atoms with Gasteiger partial charge in [-0.3, -0.25) is 30.9 Å². The Balaban J connectivity index is 0.985. The van der Waals surface area contributed by atoms with Gasteiger partial charge in [0.25, 0.3) is 0 Å². The quantitative estimate of drug-likeness (QED) is 0.186. The van der Waals surface area contributed by atoms with Crippen LogP contribution in [0.5, 0.6) is 0 Å². The number of carbonyl (C=O) groups is 2. The van der Waals surface area contributed by atoms with E-state index in [0.29, 0.717) is 25.6 Å². The molecule has 7 aliphatic rings. The Hall–Kier alpha value is -1.10. The molecule has 0 radical (unpaired) electrons. The molecule has 40 heavy (non-hydrogen) atoms. The van der Waals surface area contributed by atoms with Crippen LogP contribution in [0.25, 0.3) is 0 Å². The number of hydrogen-bond acceptors (Lipinski definition) is 13. The van der Waals surface area contributed by atoms with Gasteiger partial charge in [-0.15, -0.1) is 23.5 Å². The van der Waals surface area contributed by atoms with E-state index < -0.39 is 0 Å². The maximum atomic E-state index is 13.0. The van der Waals surface area contributed by atoms with Crippen molar-refractivity contribution in [2.75, 3.05) is 45.1 Å². The van der Waals surface area contributed by atoms with Gasteiger partial charge >= 0.3 is 0 Å². The molecule has 1 saturated carbocycles. The van der Waals surface area contributed by atoms with Crippen molar-refractivity contribution in [3.8, 4) is 0 Å². The van der Waals surface area contributed by atoms with Crippen molar-refractivity contribution in [2.24, 2.45) is 17.6 Å². The number of carbonyl (C=O) groups excluding carboxylic acids is 2. The van der Waals surface area contributed by atoms with Crippen LogP contribution >= 0.6 is 23.5 Å². The average molecular weight is 595 g/mol. The summed E-state index contributed by atoms with van der Waals surface area (Å²) in [4.78, 5) is 27.9. The number of allylic oxidation sites excluding steroid dienone is 1. The van der Waals surface area contributed by atoms with Crippen molar-refractivity contribution in [3.63, 3.8) is 0 Å². The highest BCUT2D eigenvalue weighted by atomic mass is 32.2. The van der Waals surface area contributed by atoms with E-state index in [9.17, 15) is 9.59 Å². The van der Waals surface area contributed by atoms with E-state index in [2.05, 4.69) is 36.8 Å². The summed E-state index contributed by atoms with van der Waals surface area (Å²) in [7, 11) is 0. The second-order valence-electron chi connectivity index (χ2n) is 11.9. The van der Waals surface area contributed by atoms with Gasteiger partial charge in [-0.05, 0) is 12.8 Å². The molecule has 7 rings (SSSR count). The van der Waals surface area contributed by atoms with E-state index in [0.717, 1.165) is 38.2 Å². The standard InChI is InChI=1S/C26H42N8O4S2/c27-14-3-1-2-4-15(14)30-26-31-16-10-28-24(36)20(16)23(33-26)32-18-11-29-25(40-18)13-12-39-22-17(35)9-19(38-21(13)22)34-5-7-37-8-6-34/h9,13-16,18,20-23,25-26,29-33H,1-8,10-12,27H2,(H,28,36)/t13?,14-,15+,16?,18?,20?,21?,22?,23?,25?,26?/m1/s1. The number of amides is 1. The lowest BCUT2D eigenvalue weighted by Gasteiger charge is -2.43. The Morgan fingerprint density at radius 3 is 2.77 bits per heavy atom. The first-order valence-electron chi connectivity index (χ1n) is 14.9. The Bertz CT molecular complexity index is 1000. The van der Waals surface area contributed by atoms with Crippen LogP contribution in [0.1, 0.15) is 25.7 Å². The van der Waals surface area contributed by atoms with Gasteiger partial charge in [0, 0.05) is 62.1 Å². The van der Waals surface area contributed by atoms with E-state index in [1.165, 1.54) is 12.8 Å². The predicted molar refractivity (Wildman–Crippen MR) is 154 cm³/mol. The monoisotopic (exact) mass is 594 g/mol. The molecule has 8 N–H and O–H groups in total. The molecule has 6 aliphatic heterocycles. The predicted octanol–water partition coefficient (Wildman–Crippen LogP) is -1.79. The molecule has 1 aliphatic carbocycles. The third-order valence-electron chi connectivity index (χ3n) is 9.40. The zero-order chi connectivity index (χ0) is 27.2. The molecule has 6 fully saturated rings. The first kappa shape index (κ1) is 27.7. The third kappa shape index (κ3) is 5.51. The van der Waals surface area contributed by atoms with Gasteiger partial charge in [-0.2, -0.15) is 0 Å². The Morgan fingerprint density at radius 2 is 1.93 bits per heavy atom. The van der Waals surface area contributed by atoms with Crippen LogP contribution < -0.4 is 37.6 Å². The van der Waals surface area contributed by atoms with Gasteiger partial charge in [0.1, 0.15) is 17.6 Å². The largest absolute Gasteiger partial charge is 0.474 e. The van der Waals surface area contributed by atoms with Crippen molar-refractivity contribution in [1.82, 2.24) is 36.8 Å². The number of nitrogens with two attached hydrogens (primary N) is 1. The van der Waals surface area contributed by atoms with Gasteiger partial charge in [-0.1, -0.05) is 12.8 Å². The lowest BCUT2D eigenvalue weighted by molar-refractivity contribution is -0.124. The molecule has 0 aromatic rings. The summed E-state index contributed by atoms with van der Waals surface area (Å²) in [6.07, 6.45) is 5.77. The summed E-state index contributed by atoms with van der Waals surface area (Å²) >= 11 is 3.57. The second-order valence-corrected chi connectivity index (χ2v) is 14.5. The number of fused-ring (bicyclic) bond motifs is 2. The molecule has 0 aromatic heterocycles. The van der Waals surface area contributed by atoms with Crippen LogP contribution in [0.4, 0.5) is 0 Å². The van der Waals surface area contributed by atoms with Crippen molar-refractivity contribution in [2.45, 2.75) is 78.4 Å². The van der Waals surface area contributed by atoms with Gasteiger partial charge in [0.2, 0.25) is 5.91 Å². The fraction of sp³-hybridized carbons (Fsp3) is 0.846. The van der Waals surface area contributed by atoms with Crippen molar-refractivity contribution < 1.29 is 19.1 Å². The van der Waals surface area contributed by atoms with Crippen LogP contribution in [0.3, 0.4) is 0 Å². The lowest BCUT2D eigenvalue weighted by atomic mass is 9.90. The number of hydrogen-bond donors (Lipinski definition) is 7. The highest BCUT2D eigenvalue weighted by Gasteiger charge is 2.51. The summed E-state index contributed by atoms with van der Waals surface area (Å²) in [5.74, 6) is 1.85. The van der Waals surface area contributed by atoms with Crippen molar-refractivity contribution >= 4 is 35.2 Å². The Morgan fingerprint density at radius 1 is 1.07 bits per heavy atom. The smallest absolute Gasteiger partial charge is 0.227 e. The van der Waals surface area contributed by atoms with Crippen LogP contribution in [-0.4, -0.2) is 114 Å². The first-order valence-corrected chi connectivity index (χ1v) is 16.9. The minimum absolute atomic E-state index is 0.0535. The van der Waals surface area contributed by atoms with E-state index in [-0.39, 0.29) is 76.2 Å². The Kier molecular flexibility index (Phi) is 8.23. The molecule has 5 saturated heterocycles.